The van der Waals surface area contributed by atoms with Gasteiger partial charge in [0.05, 0.1) is 6.34 Å². The molecular weight excluding hydrogens is 180 g/mol. The normalized spacial score (nSPS) is 20.7. The van der Waals surface area contributed by atoms with E-state index in [1.807, 2.05) is 6.07 Å². The molecule has 0 bridgehead atoms. The molecule has 1 aromatic carbocycles. The lowest BCUT2D eigenvalue weighted by Gasteiger charge is -2.15. The number of carbonyl (C=O) groups excluding carboxylic acids is 2. The maximum Gasteiger partial charge on any atom is 0.264 e. The molecule has 14 heavy (non-hydrogen) atoms. The highest BCUT2D eigenvalue weighted by Crippen LogP contribution is 2.18. The van der Waals surface area contributed by atoms with Gasteiger partial charge in [-0.15, -0.1) is 0 Å². The number of hydrogen-bond donors (Lipinski definition) is 1. The van der Waals surface area contributed by atoms with Crippen molar-refractivity contribution < 1.29 is 9.59 Å². The number of nitrogens with zero attached hydrogens (tertiary/aromatic N) is 1. The molecule has 0 radical (unpaired) electrons. The number of benzene rings is 1. The average molecular weight is 188 g/mol. The van der Waals surface area contributed by atoms with Crippen LogP contribution in [0.15, 0.2) is 35.3 Å². The molecule has 70 valence electrons. The average Bonchev–Trinajstić information content (AvgIpc) is 2.19. The second-order valence-electron chi connectivity index (χ2n) is 2.95. The van der Waals surface area contributed by atoms with Gasteiger partial charge in [-0.1, -0.05) is 30.3 Å². The van der Waals surface area contributed by atoms with Gasteiger partial charge in [0.1, 0.15) is 5.92 Å². The van der Waals surface area contributed by atoms with Crippen LogP contribution in [0.4, 0.5) is 0 Å². The Bertz CT molecular complexity index is 398. The summed E-state index contributed by atoms with van der Waals surface area (Å²) >= 11 is 0. The van der Waals surface area contributed by atoms with Gasteiger partial charge in [-0.25, -0.2) is 4.99 Å². The summed E-state index contributed by atoms with van der Waals surface area (Å²) in [5.41, 5.74) is 0.673. The van der Waals surface area contributed by atoms with E-state index in [-0.39, 0.29) is 5.91 Å². The second-order valence-corrected chi connectivity index (χ2v) is 2.95. The van der Waals surface area contributed by atoms with Crippen molar-refractivity contribution in [1.82, 2.24) is 5.32 Å². The van der Waals surface area contributed by atoms with Gasteiger partial charge < -0.3 is 5.32 Å². The Morgan fingerprint density at radius 3 is 2.50 bits per heavy atom. The van der Waals surface area contributed by atoms with Gasteiger partial charge in [0.25, 0.3) is 5.91 Å². The molecule has 1 heterocycles. The van der Waals surface area contributed by atoms with E-state index in [0.717, 1.165) is 6.34 Å². The first-order valence-corrected chi connectivity index (χ1v) is 4.21. The number of aliphatic imine (C=N–C) groups is 1. The van der Waals surface area contributed by atoms with Crippen LogP contribution in [0.3, 0.4) is 0 Å². The summed E-state index contributed by atoms with van der Waals surface area (Å²) in [5, 5.41) is 2.41. The first-order chi connectivity index (χ1) is 6.79. The first kappa shape index (κ1) is 8.62. The lowest BCUT2D eigenvalue weighted by Crippen LogP contribution is -2.36. The molecule has 1 aromatic rings. The van der Waals surface area contributed by atoms with Crippen molar-refractivity contribution >= 4 is 18.2 Å². The molecule has 0 saturated carbocycles. The minimum atomic E-state index is -0.791. The maximum absolute atomic E-state index is 11.4. The zero-order valence-corrected chi connectivity index (χ0v) is 7.31. The Kier molecular flexibility index (Phi) is 2.10. The Balaban J connectivity index is 2.38. The van der Waals surface area contributed by atoms with Crippen molar-refractivity contribution in [3.8, 4) is 0 Å². The van der Waals surface area contributed by atoms with Gasteiger partial charge in [0, 0.05) is 0 Å². The fourth-order valence-electron chi connectivity index (χ4n) is 1.37. The molecule has 4 heteroatoms. The smallest absolute Gasteiger partial charge is 0.264 e. The van der Waals surface area contributed by atoms with E-state index in [1.54, 1.807) is 24.3 Å². The summed E-state index contributed by atoms with van der Waals surface area (Å²) in [6, 6.07) is 8.88. The summed E-state index contributed by atoms with van der Waals surface area (Å²) in [6.07, 6.45) is 1.13. The van der Waals surface area contributed by atoms with E-state index in [9.17, 15) is 9.59 Å². The maximum atomic E-state index is 11.4. The molecule has 0 spiro atoms. The fourth-order valence-corrected chi connectivity index (χ4v) is 1.37. The molecule has 2 amide bonds. The van der Waals surface area contributed by atoms with Gasteiger partial charge >= 0.3 is 0 Å². The van der Waals surface area contributed by atoms with Gasteiger partial charge in [-0.05, 0) is 5.56 Å². The van der Waals surface area contributed by atoms with Gasteiger partial charge in [-0.3, -0.25) is 9.59 Å². The molecule has 1 unspecified atom stereocenters. The molecule has 0 aliphatic carbocycles. The van der Waals surface area contributed by atoms with Crippen molar-refractivity contribution in [1.29, 1.82) is 0 Å². The molecule has 1 aliphatic heterocycles. The lowest BCUT2D eigenvalue weighted by atomic mass is 9.97. The van der Waals surface area contributed by atoms with Crippen LogP contribution in [-0.2, 0) is 9.59 Å². The van der Waals surface area contributed by atoms with Crippen LogP contribution in [0, 0.1) is 0 Å². The van der Waals surface area contributed by atoms with E-state index in [2.05, 4.69) is 10.3 Å². The minimum absolute atomic E-state index is 0.323. The third-order valence-corrected chi connectivity index (χ3v) is 2.04. The SMILES string of the molecule is O=C1N=CNC(=O)C1c1ccccc1. The zero-order chi connectivity index (χ0) is 9.97. The van der Waals surface area contributed by atoms with Crippen LogP contribution in [0.2, 0.25) is 0 Å². The Hall–Kier alpha value is -1.97. The van der Waals surface area contributed by atoms with E-state index >= 15 is 0 Å². The van der Waals surface area contributed by atoms with E-state index < -0.39 is 11.8 Å². The fraction of sp³-hybridized carbons (Fsp3) is 0.100. The van der Waals surface area contributed by atoms with Crippen LogP contribution in [0.5, 0.6) is 0 Å². The van der Waals surface area contributed by atoms with Crippen molar-refractivity contribution in [3.63, 3.8) is 0 Å². The zero-order valence-electron chi connectivity index (χ0n) is 7.31. The van der Waals surface area contributed by atoms with Crippen LogP contribution in [0.25, 0.3) is 0 Å². The predicted molar refractivity (Wildman–Crippen MR) is 50.8 cm³/mol. The van der Waals surface area contributed by atoms with E-state index in [0.29, 0.717) is 5.56 Å². The van der Waals surface area contributed by atoms with Crippen LogP contribution < -0.4 is 5.32 Å². The summed E-state index contributed by atoms with van der Waals surface area (Å²) in [7, 11) is 0. The van der Waals surface area contributed by atoms with Crippen LogP contribution in [0.1, 0.15) is 11.5 Å². The standard InChI is InChI=1S/C10H8N2O2/c13-9-8(10(14)12-6-11-9)7-4-2-1-3-5-7/h1-6,8H,(H,11,12,13,14). The highest BCUT2D eigenvalue weighted by Gasteiger charge is 2.29. The summed E-state index contributed by atoms with van der Waals surface area (Å²) in [5.74, 6) is -1.53. The van der Waals surface area contributed by atoms with Gasteiger partial charge in [0.2, 0.25) is 5.91 Å². The van der Waals surface area contributed by atoms with Gasteiger partial charge in [-0.2, -0.15) is 0 Å². The Morgan fingerprint density at radius 2 is 1.86 bits per heavy atom. The van der Waals surface area contributed by atoms with Gasteiger partial charge in [0.15, 0.2) is 0 Å². The monoisotopic (exact) mass is 188 g/mol. The first-order valence-electron chi connectivity index (χ1n) is 4.21. The van der Waals surface area contributed by atoms with E-state index in [4.69, 9.17) is 0 Å². The summed E-state index contributed by atoms with van der Waals surface area (Å²) in [4.78, 5) is 26.3. The number of hydrogen-bond acceptors (Lipinski definition) is 2. The molecule has 1 atom stereocenters. The lowest BCUT2D eigenvalue weighted by molar-refractivity contribution is -0.129. The largest absolute Gasteiger partial charge is 0.316 e. The number of rotatable bonds is 1. The highest BCUT2D eigenvalue weighted by atomic mass is 16.2. The van der Waals surface area contributed by atoms with E-state index in [1.165, 1.54) is 0 Å². The third kappa shape index (κ3) is 1.42. The van der Waals surface area contributed by atoms with Crippen molar-refractivity contribution in [2.24, 2.45) is 4.99 Å². The summed E-state index contributed by atoms with van der Waals surface area (Å²) in [6.45, 7) is 0. The molecule has 0 aromatic heterocycles. The number of amides is 2. The second kappa shape index (κ2) is 3.41. The predicted octanol–water partition coefficient (Wildman–Crippen LogP) is 0.455. The Labute approximate surface area is 80.7 Å². The molecule has 0 fully saturated rings. The summed E-state index contributed by atoms with van der Waals surface area (Å²) < 4.78 is 0. The molecule has 2 rings (SSSR count). The van der Waals surface area contributed by atoms with Crippen LogP contribution in [-0.4, -0.2) is 18.2 Å². The van der Waals surface area contributed by atoms with Crippen LogP contribution >= 0.6 is 0 Å². The highest BCUT2D eigenvalue weighted by molar-refractivity contribution is 6.14. The van der Waals surface area contributed by atoms with Crippen molar-refractivity contribution in [2.75, 3.05) is 0 Å². The molecule has 4 nitrogen and oxygen atoms in total. The molecular formula is C10H8N2O2. The van der Waals surface area contributed by atoms with Crippen molar-refractivity contribution in [2.45, 2.75) is 5.92 Å². The molecule has 1 N–H and O–H groups in total. The third-order valence-electron chi connectivity index (χ3n) is 2.04. The number of nitrogens with one attached hydrogen (secondary N) is 1. The number of carbonyl (C=O) groups is 2. The minimum Gasteiger partial charge on any atom is -0.316 e. The Morgan fingerprint density at radius 1 is 1.14 bits per heavy atom. The quantitative estimate of drug-likeness (QED) is 0.650. The van der Waals surface area contributed by atoms with Crippen molar-refractivity contribution in [3.05, 3.63) is 35.9 Å². The molecule has 1 aliphatic rings. The topological polar surface area (TPSA) is 58.5 Å². The molecule has 0 saturated heterocycles.